The summed E-state index contributed by atoms with van der Waals surface area (Å²) >= 11 is 0. The van der Waals surface area contributed by atoms with Crippen LogP contribution in [0.3, 0.4) is 0 Å². The van der Waals surface area contributed by atoms with Crippen molar-refractivity contribution in [3.63, 3.8) is 0 Å². The highest BCUT2D eigenvalue weighted by Crippen LogP contribution is 2.23. The number of fused-ring (bicyclic) bond motifs is 1. The molecule has 2 aromatic rings. The van der Waals surface area contributed by atoms with Crippen LogP contribution in [0.25, 0.3) is 16.8 Å². The molecule has 0 saturated heterocycles. The average molecular weight is 198 g/mol. The number of hydrogen-bond donors (Lipinski definition) is 1. The highest BCUT2D eigenvalue weighted by molar-refractivity contribution is 5.92. The molecule has 1 N–H and O–H groups in total. The molecule has 0 aliphatic carbocycles. The molecule has 0 amide bonds. The molecule has 2 aromatic carbocycles. The van der Waals surface area contributed by atoms with Gasteiger partial charge in [-0.05, 0) is 28.8 Å². The topological polar surface area (TPSA) is 20.2 Å². The standard InChI is InChI=1S/C14H14O/c1-11-8-9-12(5-4-10-15)14-7-3-2-6-13(11)14/h2-9,15H,10H2,1H3. The van der Waals surface area contributed by atoms with Gasteiger partial charge in [-0.1, -0.05) is 48.6 Å². The number of hydrogen-bond acceptors (Lipinski definition) is 1. The van der Waals surface area contributed by atoms with Crippen molar-refractivity contribution in [1.82, 2.24) is 0 Å². The van der Waals surface area contributed by atoms with Crippen molar-refractivity contribution in [3.05, 3.63) is 53.6 Å². The van der Waals surface area contributed by atoms with Gasteiger partial charge in [0.2, 0.25) is 0 Å². The lowest BCUT2D eigenvalue weighted by molar-refractivity contribution is 0.343. The Morgan fingerprint density at radius 3 is 2.53 bits per heavy atom. The third kappa shape index (κ3) is 1.92. The summed E-state index contributed by atoms with van der Waals surface area (Å²) in [5.74, 6) is 0. The molecule has 0 bridgehead atoms. The molecule has 0 spiro atoms. The average Bonchev–Trinajstić information content (AvgIpc) is 2.29. The fourth-order valence-electron chi connectivity index (χ4n) is 1.80. The second-order valence-corrected chi connectivity index (χ2v) is 3.60. The number of benzene rings is 2. The van der Waals surface area contributed by atoms with Gasteiger partial charge in [0.15, 0.2) is 0 Å². The number of aliphatic hydroxyl groups excluding tert-OH is 1. The zero-order chi connectivity index (χ0) is 10.7. The van der Waals surface area contributed by atoms with Crippen LogP contribution in [-0.2, 0) is 0 Å². The van der Waals surface area contributed by atoms with Crippen molar-refractivity contribution >= 4 is 16.8 Å². The SMILES string of the molecule is Cc1ccc(C=CCO)c2ccccc12. The zero-order valence-electron chi connectivity index (χ0n) is 8.77. The number of rotatable bonds is 2. The van der Waals surface area contributed by atoms with E-state index in [0.29, 0.717) is 0 Å². The summed E-state index contributed by atoms with van der Waals surface area (Å²) in [6, 6.07) is 12.5. The monoisotopic (exact) mass is 198 g/mol. The summed E-state index contributed by atoms with van der Waals surface area (Å²) in [4.78, 5) is 0. The zero-order valence-corrected chi connectivity index (χ0v) is 8.77. The molecule has 0 saturated carbocycles. The third-order valence-corrected chi connectivity index (χ3v) is 2.58. The lowest BCUT2D eigenvalue weighted by Crippen LogP contribution is -1.82. The maximum Gasteiger partial charge on any atom is 0.0615 e. The lowest BCUT2D eigenvalue weighted by atomic mass is 10.0. The van der Waals surface area contributed by atoms with Crippen molar-refractivity contribution in [2.75, 3.05) is 6.61 Å². The Kier molecular flexibility index (Phi) is 2.84. The summed E-state index contributed by atoms with van der Waals surface area (Å²) in [6.45, 7) is 2.20. The lowest BCUT2D eigenvalue weighted by Gasteiger charge is -2.05. The van der Waals surface area contributed by atoms with E-state index in [1.54, 1.807) is 6.08 Å². The van der Waals surface area contributed by atoms with Gasteiger partial charge in [-0.25, -0.2) is 0 Å². The van der Waals surface area contributed by atoms with Crippen LogP contribution < -0.4 is 0 Å². The predicted octanol–water partition coefficient (Wildman–Crippen LogP) is 3.15. The molecule has 0 aliphatic heterocycles. The molecule has 15 heavy (non-hydrogen) atoms. The van der Waals surface area contributed by atoms with Gasteiger partial charge in [-0.3, -0.25) is 0 Å². The molecule has 76 valence electrons. The van der Waals surface area contributed by atoms with Crippen molar-refractivity contribution in [1.29, 1.82) is 0 Å². The Morgan fingerprint density at radius 2 is 1.80 bits per heavy atom. The van der Waals surface area contributed by atoms with E-state index in [0.717, 1.165) is 5.56 Å². The van der Waals surface area contributed by atoms with Gasteiger partial charge in [0, 0.05) is 0 Å². The summed E-state index contributed by atoms with van der Waals surface area (Å²) in [5, 5.41) is 11.3. The van der Waals surface area contributed by atoms with Crippen molar-refractivity contribution in [2.45, 2.75) is 6.92 Å². The highest BCUT2D eigenvalue weighted by Gasteiger charge is 1.99. The first kappa shape index (κ1) is 9.94. The molecule has 0 aliphatic rings. The van der Waals surface area contributed by atoms with E-state index in [2.05, 4.69) is 37.3 Å². The van der Waals surface area contributed by atoms with E-state index in [-0.39, 0.29) is 6.61 Å². The second-order valence-electron chi connectivity index (χ2n) is 3.60. The first-order valence-corrected chi connectivity index (χ1v) is 5.08. The van der Waals surface area contributed by atoms with Crippen molar-refractivity contribution in [3.8, 4) is 0 Å². The largest absolute Gasteiger partial charge is 0.392 e. The van der Waals surface area contributed by atoms with Gasteiger partial charge in [-0.2, -0.15) is 0 Å². The van der Waals surface area contributed by atoms with E-state index in [1.165, 1.54) is 16.3 Å². The Balaban J connectivity index is 2.66. The molecule has 0 fully saturated rings. The Hall–Kier alpha value is -1.60. The van der Waals surface area contributed by atoms with Crippen molar-refractivity contribution in [2.24, 2.45) is 0 Å². The summed E-state index contributed by atoms with van der Waals surface area (Å²) in [6.07, 6.45) is 3.72. The summed E-state index contributed by atoms with van der Waals surface area (Å²) < 4.78 is 0. The summed E-state index contributed by atoms with van der Waals surface area (Å²) in [5.41, 5.74) is 2.44. The minimum absolute atomic E-state index is 0.0855. The Bertz CT molecular complexity index is 498. The Labute approximate surface area is 89.7 Å². The van der Waals surface area contributed by atoms with E-state index in [1.807, 2.05) is 12.1 Å². The number of aryl methyl sites for hydroxylation is 1. The fraction of sp³-hybridized carbons (Fsp3) is 0.143. The fourth-order valence-corrected chi connectivity index (χ4v) is 1.80. The molecule has 0 unspecified atom stereocenters. The molecular formula is C14H14O. The second kappa shape index (κ2) is 4.28. The molecule has 0 aromatic heterocycles. The van der Waals surface area contributed by atoms with Crippen LogP contribution in [-0.4, -0.2) is 11.7 Å². The van der Waals surface area contributed by atoms with Crippen LogP contribution in [0, 0.1) is 6.92 Å². The molecule has 0 radical (unpaired) electrons. The molecule has 0 atom stereocenters. The predicted molar refractivity (Wildman–Crippen MR) is 64.8 cm³/mol. The van der Waals surface area contributed by atoms with Crippen molar-refractivity contribution < 1.29 is 5.11 Å². The van der Waals surface area contributed by atoms with Crippen LogP contribution in [0.4, 0.5) is 0 Å². The molecular weight excluding hydrogens is 184 g/mol. The van der Waals surface area contributed by atoms with Crippen LogP contribution >= 0.6 is 0 Å². The van der Waals surface area contributed by atoms with Gasteiger partial charge >= 0.3 is 0 Å². The molecule has 0 heterocycles. The van der Waals surface area contributed by atoms with Crippen LogP contribution in [0.2, 0.25) is 0 Å². The number of aliphatic hydroxyl groups is 1. The van der Waals surface area contributed by atoms with Gasteiger partial charge < -0.3 is 5.11 Å². The van der Waals surface area contributed by atoms with E-state index >= 15 is 0 Å². The maximum atomic E-state index is 8.77. The minimum Gasteiger partial charge on any atom is -0.392 e. The smallest absolute Gasteiger partial charge is 0.0615 e. The van der Waals surface area contributed by atoms with Crippen LogP contribution in [0.1, 0.15) is 11.1 Å². The van der Waals surface area contributed by atoms with Gasteiger partial charge in [0.1, 0.15) is 0 Å². The van der Waals surface area contributed by atoms with E-state index in [4.69, 9.17) is 5.11 Å². The summed E-state index contributed by atoms with van der Waals surface area (Å²) in [7, 11) is 0. The first-order chi connectivity index (χ1) is 7.33. The Morgan fingerprint density at radius 1 is 1.07 bits per heavy atom. The third-order valence-electron chi connectivity index (χ3n) is 2.58. The van der Waals surface area contributed by atoms with E-state index in [9.17, 15) is 0 Å². The maximum absolute atomic E-state index is 8.77. The molecule has 1 nitrogen and oxygen atoms in total. The molecule has 1 heteroatoms. The highest BCUT2D eigenvalue weighted by atomic mass is 16.2. The normalized spacial score (nSPS) is 11.3. The van der Waals surface area contributed by atoms with Crippen LogP contribution in [0.15, 0.2) is 42.5 Å². The van der Waals surface area contributed by atoms with Crippen LogP contribution in [0.5, 0.6) is 0 Å². The van der Waals surface area contributed by atoms with Gasteiger partial charge in [-0.15, -0.1) is 0 Å². The quantitative estimate of drug-likeness (QED) is 0.786. The van der Waals surface area contributed by atoms with E-state index < -0.39 is 0 Å². The first-order valence-electron chi connectivity index (χ1n) is 5.08. The van der Waals surface area contributed by atoms with Gasteiger partial charge in [0.05, 0.1) is 6.61 Å². The minimum atomic E-state index is 0.0855. The molecule has 2 rings (SSSR count). The van der Waals surface area contributed by atoms with Gasteiger partial charge in [0.25, 0.3) is 0 Å².